The van der Waals surface area contributed by atoms with E-state index in [2.05, 4.69) is 204 Å². The Morgan fingerprint density at radius 1 is 0.310 bits per heavy atom. The molecule has 0 amide bonds. The molecule has 0 aromatic carbocycles. The van der Waals surface area contributed by atoms with Crippen molar-refractivity contribution in [1.29, 1.82) is 0 Å². The molecule has 3 unspecified atom stereocenters. The number of hydrogen-bond acceptors (Lipinski definition) is 12. The second-order valence-corrected chi connectivity index (χ2v) is 29.3. The molecular formula is C24H69B3N12Si3. The lowest BCUT2D eigenvalue weighted by Crippen LogP contribution is -2.87. The maximum absolute atomic E-state index is 4.18. The van der Waals surface area contributed by atoms with Crippen LogP contribution in [-0.2, 0) is 0 Å². The summed E-state index contributed by atoms with van der Waals surface area (Å²) in [4.78, 5) is 0. The highest BCUT2D eigenvalue weighted by atomic mass is 28.4. The van der Waals surface area contributed by atoms with Crippen LogP contribution in [0.15, 0.2) is 0 Å². The lowest BCUT2D eigenvalue weighted by atomic mass is 9.46. The van der Waals surface area contributed by atoms with E-state index >= 15 is 0 Å². The van der Waals surface area contributed by atoms with E-state index in [-0.39, 0.29) is 20.9 Å². The Morgan fingerprint density at radius 2 is 0.429 bits per heavy atom. The molecule has 0 aromatic heterocycles. The SMILES string of the molecule is CC(B1NB(C(C)[Si](N(C)C)(N(C)C)N(C)C)NB(C(C)[Si](N(C)C)(N(C)C)N(C)C)N1)[Si](N(C)C)(N(C)C)N(C)C. The molecular weight excluding hydrogens is 573 g/mol. The molecule has 0 radical (unpaired) electrons. The van der Waals surface area contributed by atoms with Gasteiger partial charge in [0.2, 0.25) is 0 Å². The summed E-state index contributed by atoms with van der Waals surface area (Å²) >= 11 is 0. The number of nitrogens with one attached hydrogen (secondary N) is 3. The largest absolute Gasteiger partial charge is 0.371 e. The molecule has 1 rings (SSSR count). The van der Waals surface area contributed by atoms with Crippen LogP contribution in [0.4, 0.5) is 0 Å². The Bertz CT molecular complexity index is 662. The van der Waals surface area contributed by atoms with Crippen molar-refractivity contribution in [2.24, 2.45) is 0 Å². The zero-order valence-electron chi connectivity index (χ0n) is 31.5. The first-order valence-corrected chi connectivity index (χ1v) is 21.1. The molecule has 3 N–H and O–H groups in total. The van der Waals surface area contributed by atoms with Crippen LogP contribution in [0.5, 0.6) is 0 Å². The van der Waals surface area contributed by atoms with Crippen molar-refractivity contribution in [3.05, 3.63) is 0 Å². The van der Waals surface area contributed by atoms with Crippen LogP contribution < -0.4 is 15.4 Å². The van der Waals surface area contributed by atoms with E-state index in [0.717, 1.165) is 0 Å². The summed E-state index contributed by atoms with van der Waals surface area (Å²) in [5.41, 5.74) is 1.02. The Balaban J connectivity index is 3.93. The van der Waals surface area contributed by atoms with E-state index < -0.39 is 25.7 Å². The van der Waals surface area contributed by atoms with Crippen molar-refractivity contribution in [1.82, 2.24) is 56.5 Å². The molecule has 1 aliphatic heterocycles. The highest BCUT2D eigenvalue weighted by Gasteiger charge is 2.61. The van der Waals surface area contributed by atoms with Crippen LogP contribution in [0.3, 0.4) is 0 Å². The first-order valence-electron chi connectivity index (χ1n) is 15.4. The zero-order valence-corrected chi connectivity index (χ0v) is 34.5. The summed E-state index contributed by atoms with van der Waals surface area (Å²) in [6.45, 7) is 7.70. The monoisotopic (exact) mass is 643 g/mol. The van der Waals surface area contributed by atoms with Crippen LogP contribution >= 0.6 is 0 Å². The molecule has 18 heteroatoms. The van der Waals surface area contributed by atoms with Gasteiger partial charge in [0, 0.05) is 16.3 Å². The van der Waals surface area contributed by atoms with E-state index in [1.165, 1.54) is 0 Å². The van der Waals surface area contributed by atoms with Gasteiger partial charge in [0.05, 0.1) is 0 Å². The molecule has 0 aromatic rings. The third kappa shape index (κ3) is 6.74. The van der Waals surface area contributed by atoms with Crippen molar-refractivity contribution in [3.8, 4) is 0 Å². The van der Waals surface area contributed by atoms with Gasteiger partial charge in [-0.2, -0.15) is 0 Å². The minimum Gasteiger partial charge on any atom is -0.371 e. The maximum atomic E-state index is 4.18. The van der Waals surface area contributed by atoms with Crippen LogP contribution in [0.1, 0.15) is 20.8 Å². The minimum absolute atomic E-state index is 0.112. The van der Waals surface area contributed by atoms with Crippen molar-refractivity contribution in [2.75, 3.05) is 127 Å². The highest BCUT2D eigenvalue weighted by molar-refractivity contribution is 7.01. The molecule has 42 heavy (non-hydrogen) atoms. The molecule has 0 aliphatic carbocycles. The fraction of sp³-hybridized carbons (Fsp3) is 1.00. The molecule has 1 aliphatic rings. The second-order valence-electron chi connectivity index (χ2n) is 14.4. The van der Waals surface area contributed by atoms with Crippen LogP contribution in [0.2, 0.25) is 16.3 Å². The normalized spacial score (nSPS) is 18.9. The third-order valence-electron chi connectivity index (χ3n) is 10.3. The lowest BCUT2D eigenvalue weighted by Gasteiger charge is -2.57. The fourth-order valence-corrected chi connectivity index (χ4v) is 26.0. The summed E-state index contributed by atoms with van der Waals surface area (Å²) in [6, 6.07) is 0. The number of rotatable bonds is 15. The van der Waals surface area contributed by atoms with Crippen molar-refractivity contribution >= 4 is 46.6 Å². The smallest absolute Gasteiger partial charge is 0.288 e. The van der Waals surface area contributed by atoms with Crippen molar-refractivity contribution < 1.29 is 0 Å². The molecule has 12 nitrogen and oxygen atoms in total. The summed E-state index contributed by atoms with van der Waals surface area (Å²) in [6.07, 6.45) is 0. The van der Waals surface area contributed by atoms with Crippen LogP contribution in [0, 0.1) is 0 Å². The predicted molar refractivity (Wildman–Crippen MR) is 195 cm³/mol. The van der Waals surface area contributed by atoms with Crippen molar-refractivity contribution in [3.63, 3.8) is 0 Å². The Kier molecular flexibility index (Phi) is 14.7. The topological polar surface area (TPSA) is 65.3 Å². The van der Waals surface area contributed by atoms with E-state index in [1.54, 1.807) is 0 Å². The predicted octanol–water partition coefficient (Wildman–Crippen LogP) is -1.11. The summed E-state index contributed by atoms with van der Waals surface area (Å²) in [7, 11) is 33.9. The Morgan fingerprint density at radius 3 is 0.524 bits per heavy atom. The van der Waals surface area contributed by atoms with Gasteiger partial charge < -0.3 is 56.5 Å². The lowest BCUT2D eigenvalue weighted by molar-refractivity contribution is 0.369. The van der Waals surface area contributed by atoms with Gasteiger partial charge >= 0.3 is 0 Å². The average Bonchev–Trinajstić information content (AvgIpc) is 2.82. The quantitative estimate of drug-likeness (QED) is 0.190. The van der Waals surface area contributed by atoms with Gasteiger partial charge in [-0.15, -0.1) is 0 Å². The number of hydrogen-bond donors (Lipinski definition) is 3. The summed E-state index contributed by atoms with van der Waals surface area (Å²) < 4.78 is 22.5. The zero-order chi connectivity index (χ0) is 33.3. The number of nitrogens with zero attached hydrogens (tertiary/aromatic N) is 9. The highest BCUT2D eigenvalue weighted by Crippen LogP contribution is 2.35. The molecule has 246 valence electrons. The molecule has 0 bridgehead atoms. The molecule has 0 saturated carbocycles. The Hall–Kier alpha value is 0.365. The third-order valence-corrected chi connectivity index (χ3v) is 26.8. The Labute approximate surface area is 266 Å². The van der Waals surface area contributed by atoms with Gasteiger partial charge in [0.15, 0.2) is 0 Å². The second kappa shape index (κ2) is 15.3. The van der Waals surface area contributed by atoms with E-state index in [0.29, 0.717) is 16.3 Å². The molecule has 1 saturated heterocycles. The standard InChI is InChI=1S/C24H69B3N12Si3/c1-22(40(31(4)5,32(6)7)33(8)9)25-28-26(23(2)41(34(10)11,35(12)13)36(14)15)30-27(29-25)24(3)42(37(16)17,38(18)19)39(20)21/h22-24,28-30H,1-21H3. The fourth-order valence-electron chi connectivity index (χ4n) is 9.53. The van der Waals surface area contributed by atoms with E-state index in [4.69, 9.17) is 0 Å². The van der Waals surface area contributed by atoms with Gasteiger partial charge in [-0.1, -0.05) is 20.8 Å². The van der Waals surface area contributed by atoms with E-state index in [1.807, 2.05) is 0 Å². The first kappa shape index (κ1) is 40.4. The maximum Gasteiger partial charge on any atom is 0.288 e. The average molecular weight is 643 g/mol. The minimum atomic E-state index is -2.26. The molecule has 0 spiro atoms. The molecule has 1 heterocycles. The van der Waals surface area contributed by atoms with Crippen LogP contribution in [0.25, 0.3) is 0 Å². The summed E-state index contributed by atoms with van der Waals surface area (Å²) in [5.74, 6) is 0. The van der Waals surface area contributed by atoms with Gasteiger partial charge in [-0.25, -0.2) is 0 Å². The van der Waals surface area contributed by atoms with Gasteiger partial charge in [-0.05, 0) is 127 Å². The van der Waals surface area contributed by atoms with Crippen LogP contribution in [-0.4, -0.2) is 215 Å². The van der Waals surface area contributed by atoms with Crippen molar-refractivity contribution in [2.45, 2.75) is 37.1 Å². The summed E-state index contributed by atoms with van der Waals surface area (Å²) in [5, 5.41) is 12.5. The van der Waals surface area contributed by atoms with Gasteiger partial charge in [0.1, 0.15) is 0 Å². The first-order chi connectivity index (χ1) is 19.0. The van der Waals surface area contributed by atoms with Gasteiger partial charge in [-0.3, -0.25) is 0 Å². The van der Waals surface area contributed by atoms with E-state index in [9.17, 15) is 0 Å². The molecule has 3 atom stereocenters. The molecule has 1 fully saturated rings. The van der Waals surface area contributed by atoms with Gasteiger partial charge in [0.25, 0.3) is 46.6 Å².